The second-order valence-electron chi connectivity index (χ2n) is 6.43. The molecule has 2 atom stereocenters. The number of carboxylic acid groups (broad SMARTS) is 1. The van der Waals surface area contributed by atoms with Crippen molar-refractivity contribution in [2.45, 2.75) is 71.0 Å². The zero-order chi connectivity index (χ0) is 13.9. The van der Waals surface area contributed by atoms with E-state index in [0.717, 1.165) is 13.0 Å². The molecule has 1 aliphatic carbocycles. The fraction of sp³-hybridized carbons (Fsp3) is 0.929. The Labute approximate surface area is 111 Å². The van der Waals surface area contributed by atoms with Gasteiger partial charge in [-0.25, -0.2) is 0 Å². The molecule has 0 aromatic heterocycles. The molecule has 4 nitrogen and oxygen atoms in total. The summed E-state index contributed by atoms with van der Waals surface area (Å²) in [6.45, 7) is 9.21. The standard InChI is InChI=1S/C14H28N2O2/c1-10(2)7-8-16(12-5-6-12)11(3)9-14(4,15)13(17)18/h10-12H,5-9,15H2,1-4H3,(H,17,18). The molecule has 0 amide bonds. The summed E-state index contributed by atoms with van der Waals surface area (Å²) in [5.41, 5.74) is 4.73. The molecule has 1 rings (SSSR count). The van der Waals surface area contributed by atoms with Crippen molar-refractivity contribution >= 4 is 5.97 Å². The molecule has 1 fully saturated rings. The van der Waals surface area contributed by atoms with E-state index in [4.69, 9.17) is 10.8 Å². The van der Waals surface area contributed by atoms with Gasteiger partial charge in [-0.1, -0.05) is 13.8 Å². The Hall–Kier alpha value is -0.610. The van der Waals surface area contributed by atoms with Crippen LogP contribution in [0.4, 0.5) is 0 Å². The predicted molar refractivity (Wildman–Crippen MR) is 73.5 cm³/mol. The molecule has 18 heavy (non-hydrogen) atoms. The van der Waals surface area contributed by atoms with Gasteiger partial charge in [0.1, 0.15) is 5.54 Å². The smallest absolute Gasteiger partial charge is 0.323 e. The highest BCUT2D eigenvalue weighted by molar-refractivity contribution is 5.77. The van der Waals surface area contributed by atoms with Crippen molar-refractivity contribution < 1.29 is 9.90 Å². The van der Waals surface area contributed by atoms with E-state index in [2.05, 4.69) is 25.7 Å². The Kier molecular flexibility index (Phi) is 5.17. The number of hydrogen-bond acceptors (Lipinski definition) is 3. The SMILES string of the molecule is CC(C)CCN(C(C)CC(C)(N)C(=O)O)C1CC1. The molecule has 0 heterocycles. The van der Waals surface area contributed by atoms with Crippen molar-refractivity contribution in [3.63, 3.8) is 0 Å². The van der Waals surface area contributed by atoms with Gasteiger partial charge in [-0.15, -0.1) is 0 Å². The van der Waals surface area contributed by atoms with Crippen molar-refractivity contribution in [1.29, 1.82) is 0 Å². The van der Waals surface area contributed by atoms with Crippen molar-refractivity contribution in [2.75, 3.05) is 6.54 Å². The van der Waals surface area contributed by atoms with Crippen LogP contribution in [-0.4, -0.2) is 40.1 Å². The van der Waals surface area contributed by atoms with E-state index in [1.165, 1.54) is 12.8 Å². The Bertz CT molecular complexity index is 286. The van der Waals surface area contributed by atoms with Crippen LogP contribution in [0.5, 0.6) is 0 Å². The lowest BCUT2D eigenvalue weighted by Crippen LogP contribution is -2.50. The highest BCUT2D eigenvalue weighted by atomic mass is 16.4. The van der Waals surface area contributed by atoms with E-state index >= 15 is 0 Å². The third-order valence-corrected chi connectivity index (χ3v) is 3.75. The average Bonchev–Trinajstić information content (AvgIpc) is 3.00. The van der Waals surface area contributed by atoms with Crippen molar-refractivity contribution in [1.82, 2.24) is 4.90 Å². The molecule has 2 unspecified atom stereocenters. The van der Waals surface area contributed by atoms with Gasteiger partial charge in [-0.2, -0.15) is 0 Å². The molecule has 0 bridgehead atoms. The quantitative estimate of drug-likeness (QED) is 0.698. The minimum Gasteiger partial charge on any atom is -0.480 e. The summed E-state index contributed by atoms with van der Waals surface area (Å²) in [6, 6.07) is 0.894. The topological polar surface area (TPSA) is 66.6 Å². The predicted octanol–water partition coefficient (Wildman–Crippen LogP) is 2.08. The maximum absolute atomic E-state index is 11.1. The summed E-state index contributed by atoms with van der Waals surface area (Å²) in [7, 11) is 0. The first-order valence-electron chi connectivity index (χ1n) is 7.02. The van der Waals surface area contributed by atoms with Crippen molar-refractivity contribution in [2.24, 2.45) is 11.7 Å². The second-order valence-corrected chi connectivity index (χ2v) is 6.43. The minimum absolute atomic E-state index is 0.238. The van der Waals surface area contributed by atoms with Crippen molar-refractivity contribution in [3.8, 4) is 0 Å². The first kappa shape index (κ1) is 15.4. The maximum Gasteiger partial charge on any atom is 0.323 e. The largest absolute Gasteiger partial charge is 0.480 e. The van der Waals surface area contributed by atoms with E-state index < -0.39 is 11.5 Å². The number of nitrogens with zero attached hydrogens (tertiary/aromatic N) is 1. The van der Waals surface area contributed by atoms with E-state index in [1.807, 2.05) is 0 Å². The van der Waals surface area contributed by atoms with Gasteiger partial charge in [-0.05, 0) is 52.0 Å². The number of hydrogen-bond donors (Lipinski definition) is 2. The van der Waals surface area contributed by atoms with Gasteiger partial charge in [0.2, 0.25) is 0 Å². The maximum atomic E-state index is 11.1. The van der Waals surface area contributed by atoms with Gasteiger partial charge in [0.15, 0.2) is 0 Å². The van der Waals surface area contributed by atoms with Gasteiger partial charge >= 0.3 is 5.97 Å². The summed E-state index contributed by atoms with van der Waals surface area (Å²) in [5, 5.41) is 9.10. The van der Waals surface area contributed by atoms with Gasteiger partial charge < -0.3 is 10.8 Å². The lowest BCUT2D eigenvalue weighted by molar-refractivity contribution is -0.143. The van der Waals surface area contributed by atoms with Crippen LogP contribution in [0.2, 0.25) is 0 Å². The van der Waals surface area contributed by atoms with Gasteiger partial charge in [0.25, 0.3) is 0 Å². The normalized spacial score (nSPS) is 21.1. The Morgan fingerprint density at radius 1 is 1.44 bits per heavy atom. The molecule has 0 spiro atoms. The zero-order valence-electron chi connectivity index (χ0n) is 12.1. The highest BCUT2D eigenvalue weighted by Crippen LogP contribution is 2.31. The molecule has 0 aromatic carbocycles. The number of carboxylic acids is 1. The fourth-order valence-corrected chi connectivity index (χ4v) is 2.39. The van der Waals surface area contributed by atoms with Crippen LogP contribution in [0.25, 0.3) is 0 Å². The molecule has 0 saturated heterocycles. The minimum atomic E-state index is -1.12. The van der Waals surface area contributed by atoms with Crippen LogP contribution in [0, 0.1) is 5.92 Å². The van der Waals surface area contributed by atoms with Crippen LogP contribution in [0.3, 0.4) is 0 Å². The second kappa shape index (κ2) is 6.02. The Morgan fingerprint density at radius 3 is 2.39 bits per heavy atom. The summed E-state index contributed by atoms with van der Waals surface area (Å²) in [4.78, 5) is 13.5. The van der Waals surface area contributed by atoms with E-state index in [0.29, 0.717) is 18.4 Å². The number of rotatable bonds is 8. The molecule has 4 heteroatoms. The van der Waals surface area contributed by atoms with Crippen LogP contribution in [0.1, 0.15) is 53.4 Å². The summed E-state index contributed by atoms with van der Waals surface area (Å²) in [6.07, 6.45) is 4.17. The Morgan fingerprint density at radius 2 is 2.00 bits per heavy atom. The van der Waals surface area contributed by atoms with Gasteiger partial charge in [0, 0.05) is 12.1 Å². The fourth-order valence-electron chi connectivity index (χ4n) is 2.39. The molecule has 3 N–H and O–H groups in total. The molecule has 1 saturated carbocycles. The average molecular weight is 256 g/mol. The molecule has 1 aliphatic rings. The van der Waals surface area contributed by atoms with Crippen LogP contribution < -0.4 is 5.73 Å². The first-order chi connectivity index (χ1) is 8.24. The molecule has 106 valence electrons. The highest BCUT2D eigenvalue weighted by Gasteiger charge is 2.37. The van der Waals surface area contributed by atoms with Crippen LogP contribution in [-0.2, 0) is 4.79 Å². The molecular weight excluding hydrogens is 228 g/mol. The van der Waals surface area contributed by atoms with Crippen LogP contribution >= 0.6 is 0 Å². The first-order valence-corrected chi connectivity index (χ1v) is 7.02. The number of aliphatic carboxylic acids is 1. The third kappa shape index (κ3) is 4.58. The molecule has 0 radical (unpaired) electrons. The van der Waals surface area contributed by atoms with Crippen molar-refractivity contribution in [3.05, 3.63) is 0 Å². The van der Waals surface area contributed by atoms with E-state index in [1.54, 1.807) is 6.92 Å². The van der Waals surface area contributed by atoms with E-state index in [-0.39, 0.29) is 6.04 Å². The van der Waals surface area contributed by atoms with Gasteiger partial charge in [-0.3, -0.25) is 9.69 Å². The summed E-state index contributed by atoms with van der Waals surface area (Å²) < 4.78 is 0. The number of nitrogens with two attached hydrogens (primary N) is 1. The Balaban J connectivity index is 2.54. The van der Waals surface area contributed by atoms with Gasteiger partial charge in [0.05, 0.1) is 0 Å². The summed E-state index contributed by atoms with van der Waals surface area (Å²) >= 11 is 0. The molecular formula is C14H28N2O2. The zero-order valence-corrected chi connectivity index (χ0v) is 12.1. The van der Waals surface area contributed by atoms with E-state index in [9.17, 15) is 4.79 Å². The molecule has 0 aromatic rings. The number of carbonyl (C=O) groups is 1. The van der Waals surface area contributed by atoms with Crippen LogP contribution in [0.15, 0.2) is 0 Å². The lowest BCUT2D eigenvalue weighted by atomic mass is 9.94. The lowest BCUT2D eigenvalue weighted by Gasteiger charge is -2.33. The third-order valence-electron chi connectivity index (χ3n) is 3.75. The summed E-state index contributed by atoms with van der Waals surface area (Å²) in [5.74, 6) is -0.226. The monoisotopic (exact) mass is 256 g/mol. The molecule has 0 aliphatic heterocycles.